The first kappa shape index (κ1) is 17.3. The van der Waals surface area contributed by atoms with Crippen LogP contribution in [0.3, 0.4) is 0 Å². The first-order valence-corrected chi connectivity index (χ1v) is 9.64. The summed E-state index contributed by atoms with van der Waals surface area (Å²) >= 11 is 0. The molecule has 0 radical (unpaired) electrons. The molecule has 5 aromatic rings. The van der Waals surface area contributed by atoms with Crippen molar-refractivity contribution in [2.24, 2.45) is 7.05 Å². The van der Waals surface area contributed by atoms with Crippen LogP contribution in [0.25, 0.3) is 27.5 Å². The van der Waals surface area contributed by atoms with Crippen molar-refractivity contribution in [3.05, 3.63) is 96.3 Å². The first-order chi connectivity index (χ1) is 14.1. The zero-order chi connectivity index (χ0) is 20.0. The Morgan fingerprint density at radius 3 is 2.52 bits per heavy atom. The predicted octanol–water partition coefficient (Wildman–Crippen LogP) is 5.68. The van der Waals surface area contributed by atoms with Gasteiger partial charge in [0.2, 0.25) is 0 Å². The predicted molar refractivity (Wildman–Crippen MR) is 119 cm³/mol. The number of para-hydroxylation sites is 1. The second-order valence-corrected chi connectivity index (χ2v) is 7.42. The highest BCUT2D eigenvalue weighted by molar-refractivity contribution is 6.07. The number of carbonyl (C=O) groups is 1. The van der Waals surface area contributed by atoms with E-state index in [1.165, 1.54) is 0 Å². The largest absolute Gasteiger partial charge is 0.351 e. The Morgan fingerprint density at radius 2 is 1.66 bits per heavy atom. The van der Waals surface area contributed by atoms with E-state index in [2.05, 4.69) is 35.0 Å². The molecule has 3 aromatic carbocycles. The second-order valence-electron chi connectivity index (χ2n) is 7.42. The van der Waals surface area contributed by atoms with Crippen LogP contribution in [0, 0.1) is 6.92 Å². The molecule has 1 amide bonds. The van der Waals surface area contributed by atoms with E-state index in [0.717, 1.165) is 38.7 Å². The topological polar surface area (TPSA) is 39.0 Å². The molecule has 0 saturated heterocycles. The number of hydrogen-bond acceptors (Lipinski definition) is 1. The van der Waals surface area contributed by atoms with Crippen LogP contribution in [0.15, 0.2) is 85.1 Å². The Hall–Kier alpha value is -3.79. The van der Waals surface area contributed by atoms with E-state index < -0.39 is 0 Å². The van der Waals surface area contributed by atoms with Crippen molar-refractivity contribution in [1.82, 2.24) is 9.13 Å². The molecular formula is C25H21N3O. The number of aromatic nitrogens is 2. The van der Waals surface area contributed by atoms with Gasteiger partial charge in [0.25, 0.3) is 5.91 Å². The lowest BCUT2D eigenvalue weighted by Crippen LogP contribution is -2.16. The molecular weight excluding hydrogens is 358 g/mol. The van der Waals surface area contributed by atoms with E-state index in [9.17, 15) is 4.79 Å². The van der Waals surface area contributed by atoms with Crippen LogP contribution < -0.4 is 5.32 Å². The normalized spacial score (nSPS) is 11.2. The molecule has 0 atom stereocenters. The third-order valence-corrected chi connectivity index (χ3v) is 5.35. The quantitative estimate of drug-likeness (QED) is 0.430. The zero-order valence-corrected chi connectivity index (χ0v) is 16.4. The van der Waals surface area contributed by atoms with Gasteiger partial charge in [-0.25, -0.2) is 0 Å². The molecule has 4 nitrogen and oxygen atoms in total. The smallest absolute Gasteiger partial charge is 0.272 e. The van der Waals surface area contributed by atoms with E-state index in [-0.39, 0.29) is 5.91 Å². The molecule has 1 N–H and O–H groups in total. The Morgan fingerprint density at radius 1 is 0.828 bits per heavy atom. The molecule has 4 heteroatoms. The summed E-state index contributed by atoms with van der Waals surface area (Å²) in [4.78, 5) is 13.3. The average molecular weight is 379 g/mol. The van der Waals surface area contributed by atoms with Gasteiger partial charge in [0.05, 0.1) is 5.52 Å². The van der Waals surface area contributed by atoms with Crippen molar-refractivity contribution < 1.29 is 4.79 Å². The lowest BCUT2D eigenvalue weighted by atomic mass is 10.2. The number of rotatable bonds is 3. The van der Waals surface area contributed by atoms with Crippen molar-refractivity contribution in [2.75, 3.05) is 5.32 Å². The molecule has 142 valence electrons. The fourth-order valence-electron chi connectivity index (χ4n) is 3.92. The maximum atomic E-state index is 13.3. The molecule has 0 fully saturated rings. The van der Waals surface area contributed by atoms with E-state index in [0.29, 0.717) is 5.69 Å². The lowest BCUT2D eigenvalue weighted by Gasteiger charge is -2.12. The Balaban J connectivity index is 1.59. The van der Waals surface area contributed by atoms with Crippen LogP contribution in [0.5, 0.6) is 0 Å². The number of nitrogens with one attached hydrogen (secondary N) is 1. The summed E-state index contributed by atoms with van der Waals surface area (Å²) in [5.74, 6) is -0.127. The lowest BCUT2D eigenvalue weighted by molar-refractivity contribution is 0.102. The summed E-state index contributed by atoms with van der Waals surface area (Å²) < 4.78 is 4.09. The molecule has 0 saturated carbocycles. The molecule has 0 aliphatic carbocycles. The number of aryl methyl sites for hydroxylation is 2. The van der Waals surface area contributed by atoms with Gasteiger partial charge in [0, 0.05) is 40.9 Å². The Labute approximate surface area is 169 Å². The van der Waals surface area contributed by atoms with Crippen LogP contribution in [0.2, 0.25) is 0 Å². The highest BCUT2D eigenvalue weighted by Crippen LogP contribution is 2.26. The van der Waals surface area contributed by atoms with Crippen LogP contribution in [-0.2, 0) is 7.05 Å². The molecule has 0 bridgehead atoms. The number of benzene rings is 3. The maximum Gasteiger partial charge on any atom is 0.272 e. The molecule has 0 aliphatic rings. The number of anilines is 1. The van der Waals surface area contributed by atoms with Gasteiger partial charge in [-0.3, -0.25) is 4.79 Å². The minimum atomic E-state index is -0.127. The number of carbonyl (C=O) groups excluding carboxylic acids is 1. The average Bonchev–Trinajstić information content (AvgIpc) is 3.29. The highest BCUT2D eigenvalue weighted by Gasteiger charge is 2.17. The van der Waals surface area contributed by atoms with Crippen LogP contribution in [0.4, 0.5) is 5.69 Å². The Kier molecular flexibility index (Phi) is 3.98. The molecule has 2 aromatic heterocycles. The van der Waals surface area contributed by atoms with Gasteiger partial charge >= 0.3 is 0 Å². The van der Waals surface area contributed by atoms with E-state index in [4.69, 9.17) is 0 Å². The van der Waals surface area contributed by atoms with Gasteiger partial charge in [0.15, 0.2) is 0 Å². The summed E-state index contributed by atoms with van der Waals surface area (Å²) in [6.07, 6.45) is 2.02. The van der Waals surface area contributed by atoms with Gasteiger partial charge in [0.1, 0.15) is 5.69 Å². The van der Waals surface area contributed by atoms with Crippen LogP contribution in [0.1, 0.15) is 16.1 Å². The zero-order valence-electron chi connectivity index (χ0n) is 16.4. The molecule has 0 spiro atoms. The number of nitrogens with zero attached hydrogens (tertiary/aromatic N) is 2. The summed E-state index contributed by atoms with van der Waals surface area (Å²) in [6.45, 7) is 2.06. The Bertz CT molecular complexity index is 1370. The van der Waals surface area contributed by atoms with Gasteiger partial charge in [-0.1, -0.05) is 30.3 Å². The summed E-state index contributed by atoms with van der Waals surface area (Å²) in [5.41, 5.74) is 5.69. The number of fused-ring (bicyclic) bond motifs is 2. The van der Waals surface area contributed by atoms with Crippen molar-refractivity contribution in [1.29, 1.82) is 0 Å². The number of amides is 1. The third kappa shape index (κ3) is 2.99. The summed E-state index contributed by atoms with van der Waals surface area (Å²) in [6, 6.07) is 26.3. The maximum absolute atomic E-state index is 13.3. The minimum Gasteiger partial charge on any atom is -0.351 e. The fraction of sp³-hybridized carbons (Fsp3) is 0.0800. The molecule has 0 unspecified atom stereocenters. The summed E-state index contributed by atoms with van der Waals surface area (Å²) in [7, 11) is 2.01. The monoisotopic (exact) mass is 379 g/mol. The SMILES string of the molecule is Cc1cccc(-n2c(C(=O)Nc3ccc4c(ccn4C)c3)cc3ccccc32)c1. The first-order valence-electron chi connectivity index (χ1n) is 9.64. The van der Waals surface area contributed by atoms with Gasteiger partial charge in [-0.15, -0.1) is 0 Å². The minimum absolute atomic E-state index is 0.127. The van der Waals surface area contributed by atoms with Gasteiger partial charge < -0.3 is 14.5 Å². The second kappa shape index (κ2) is 6.67. The highest BCUT2D eigenvalue weighted by atomic mass is 16.1. The summed E-state index contributed by atoms with van der Waals surface area (Å²) in [5, 5.41) is 5.22. The van der Waals surface area contributed by atoms with Gasteiger partial charge in [-0.2, -0.15) is 0 Å². The third-order valence-electron chi connectivity index (χ3n) is 5.35. The van der Waals surface area contributed by atoms with Crippen molar-refractivity contribution in [3.8, 4) is 5.69 Å². The van der Waals surface area contributed by atoms with Crippen LogP contribution >= 0.6 is 0 Å². The van der Waals surface area contributed by atoms with Crippen molar-refractivity contribution in [3.63, 3.8) is 0 Å². The van der Waals surface area contributed by atoms with E-state index in [1.807, 2.05) is 78.5 Å². The molecule has 5 rings (SSSR count). The van der Waals surface area contributed by atoms with Crippen molar-refractivity contribution >= 4 is 33.4 Å². The fourth-order valence-corrected chi connectivity index (χ4v) is 3.92. The van der Waals surface area contributed by atoms with E-state index in [1.54, 1.807) is 0 Å². The molecule has 2 heterocycles. The van der Waals surface area contributed by atoms with Crippen LogP contribution in [-0.4, -0.2) is 15.0 Å². The standard InChI is InChI=1S/C25H21N3O/c1-17-6-5-8-21(14-17)28-23-9-4-3-7-18(23)16-24(28)25(29)26-20-10-11-22-19(15-20)12-13-27(22)2/h3-16H,1-2H3,(H,26,29). The number of hydrogen-bond donors (Lipinski definition) is 1. The van der Waals surface area contributed by atoms with Crippen molar-refractivity contribution in [2.45, 2.75) is 6.92 Å². The molecule has 29 heavy (non-hydrogen) atoms. The van der Waals surface area contributed by atoms with Gasteiger partial charge in [-0.05, 0) is 61.0 Å². The molecule has 0 aliphatic heterocycles. The van der Waals surface area contributed by atoms with E-state index >= 15 is 0 Å².